The second kappa shape index (κ2) is 7.84. The van der Waals surface area contributed by atoms with E-state index in [1.807, 2.05) is 29.6 Å². The number of pyridine rings is 1. The van der Waals surface area contributed by atoms with E-state index in [4.69, 9.17) is 0 Å². The lowest BCUT2D eigenvalue weighted by Crippen LogP contribution is -2.33. The van der Waals surface area contributed by atoms with Crippen molar-refractivity contribution in [2.75, 3.05) is 6.54 Å². The number of amides is 1. The zero-order chi connectivity index (χ0) is 16.8. The molecular weight excluding hydrogens is 323 g/mol. The molecule has 0 spiro atoms. The maximum absolute atomic E-state index is 14.0. The number of benzene rings is 1. The Morgan fingerprint density at radius 1 is 1.12 bits per heavy atom. The van der Waals surface area contributed by atoms with Gasteiger partial charge in [0.2, 0.25) is 0 Å². The van der Waals surface area contributed by atoms with Crippen molar-refractivity contribution in [3.8, 4) is 0 Å². The lowest BCUT2D eigenvalue weighted by atomic mass is 10.1. The van der Waals surface area contributed by atoms with Gasteiger partial charge in [0.05, 0.1) is 5.56 Å². The van der Waals surface area contributed by atoms with Crippen molar-refractivity contribution >= 4 is 17.2 Å². The molecule has 0 atom stereocenters. The Bertz CT molecular complexity index is 790. The second-order valence-corrected chi connectivity index (χ2v) is 6.43. The Morgan fingerprint density at radius 3 is 2.71 bits per heavy atom. The first-order valence-corrected chi connectivity index (χ1v) is 8.57. The highest BCUT2D eigenvalue weighted by atomic mass is 32.1. The van der Waals surface area contributed by atoms with E-state index in [9.17, 15) is 9.18 Å². The third kappa shape index (κ3) is 4.06. The van der Waals surface area contributed by atoms with Gasteiger partial charge in [-0.2, -0.15) is 0 Å². The summed E-state index contributed by atoms with van der Waals surface area (Å²) in [6, 6.07) is 13.9. The highest BCUT2D eigenvalue weighted by Gasteiger charge is 2.19. The van der Waals surface area contributed by atoms with Crippen molar-refractivity contribution in [2.24, 2.45) is 0 Å². The van der Waals surface area contributed by atoms with E-state index in [0.717, 1.165) is 12.0 Å². The normalized spacial score (nSPS) is 10.5. The molecule has 0 N–H and O–H groups in total. The van der Waals surface area contributed by atoms with Crippen LogP contribution < -0.4 is 0 Å². The molecule has 3 rings (SSSR count). The van der Waals surface area contributed by atoms with Crippen LogP contribution in [0.4, 0.5) is 4.39 Å². The molecule has 0 fully saturated rings. The summed E-state index contributed by atoms with van der Waals surface area (Å²) < 4.78 is 14.0. The summed E-state index contributed by atoms with van der Waals surface area (Å²) in [6.07, 6.45) is 4.17. The van der Waals surface area contributed by atoms with Gasteiger partial charge < -0.3 is 4.90 Å². The van der Waals surface area contributed by atoms with E-state index in [2.05, 4.69) is 4.98 Å². The average molecular weight is 340 g/mol. The van der Waals surface area contributed by atoms with E-state index in [0.29, 0.717) is 13.1 Å². The standard InChI is InChI=1S/C19H17FN2OS/c20-18-8-2-1-7-17(18)19(23)22(11-9-16-6-4-12-24-16)14-15-5-3-10-21-13-15/h1-8,10,12-13H,9,11,14H2. The minimum Gasteiger partial charge on any atom is -0.334 e. The minimum absolute atomic E-state index is 0.104. The lowest BCUT2D eigenvalue weighted by molar-refractivity contribution is 0.0740. The average Bonchev–Trinajstić information content (AvgIpc) is 3.13. The van der Waals surface area contributed by atoms with Crippen molar-refractivity contribution in [3.05, 3.63) is 88.1 Å². The number of carbonyl (C=O) groups excluding carboxylic acids is 1. The summed E-state index contributed by atoms with van der Waals surface area (Å²) in [5, 5.41) is 2.01. The highest BCUT2D eigenvalue weighted by Crippen LogP contribution is 2.15. The summed E-state index contributed by atoms with van der Waals surface area (Å²) in [5.74, 6) is -0.789. The van der Waals surface area contributed by atoms with E-state index in [1.54, 1.807) is 40.8 Å². The molecule has 0 aliphatic rings. The molecule has 24 heavy (non-hydrogen) atoms. The van der Waals surface area contributed by atoms with Gasteiger partial charge in [-0.05, 0) is 41.6 Å². The van der Waals surface area contributed by atoms with Gasteiger partial charge in [0, 0.05) is 30.4 Å². The summed E-state index contributed by atoms with van der Waals surface area (Å²) in [6.45, 7) is 0.939. The summed E-state index contributed by atoms with van der Waals surface area (Å²) in [4.78, 5) is 19.8. The molecule has 0 radical (unpaired) electrons. The molecule has 0 aliphatic heterocycles. The van der Waals surface area contributed by atoms with E-state index in [-0.39, 0.29) is 11.5 Å². The maximum atomic E-state index is 14.0. The topological polar surface area (TPSA) is 33.2 Å². The van der Waals surface area contributed by atoms with Crippen molar-refractivity contribution in [3.63, 3.8) is 0 Å². The second-order valence-electron chi connectivity index (χ2n) is 5.40. The maximum Gasteiger partial charge on any atom is 0.257 e. The zero-order valence-electron chi connectivity index (χ0n) is 13.1. The summed E-state index contributed by atoms with van der Waals surface area (Å²) in [7, 11) is 0. The van der Waals surface area contributed by atoms with Crippen LogP contribution in [0.5, 0.6) is 0 Å². The number of nitrogens with zero attached hydrogens (tertiary/aromatic N) is 2. The van der Waals surface area contributed by atoms with Crippen LogP contribution in [-0.2, 0) is 13.0 Å². The van der Waals surface area contributed by atoms with Gasteiger partial charge in [0.1, 0.15) is 5.82 Å². The molecule has 5 heteroatoms. The van der Waals surface area contributed by atoms with Crippen LogP contribution in [0.1, 0.15) is 20.8 Å². The number of rotatable bonds is 6. The van der Waals surface area contributed by atoms with Gasteiger partial charge in [0.25, 0.3) is 5.91 Å². The first-order valence-electron chi connectivity index (χ1n) is 7.69. The fraction of sp³-hybridized carbons (Fsp3) is 0.158. The van der Waals surface area contributed by atoms with Crippen LogP contribution in [0.2, 0.25) is 0 Å². The number of halogens is 1. The Balaban J connectivity index is 1.80. The fourth-order valence-corrected chi connectivity index (χ4v) is 3.17. The molecule has 1 aromatic carbocycles. The first kappa shape index (κ1) is 16.3. The Kier molecular flexibility index (Phi) is 5.33. The number of aromatic nitrogens is 1. The molecule has 0 saturated heterocycles. The largest absolute Gasteiger partial charge is 0.334 e. The Morgan fingerprint density at radius 2 is 2.00 bits per heavy atom. The van der Waals surface area contributed by atoms with Gasteiger partial charge in [0.15, 0.2) is 0 Å². The summed E-state index contributed by atoms with van der Waals surface area (Å²) in [5.41, 5.74) is 1.03. The van der Waals surface area contributed by atoms with Crippen LogP contribution in [0.3, 0.4) is 0 Å². The predicted octanol–water partition coefficient (Wildman–Crippen LogP) is 4.17. The zero-order valence-corrected chi connectivity index (χ0v) is 13.9. The number of thiophene rings is 1. The van der Waals surface area contributed by atoms with Gasteiger partial charge in [-0.15, -0.1) is 11.3 Å². The highest BCUT2D eigenvalue weighted by molar-refractivity contribution is 7.09. The SMILES string of the molecule is O=C(c1ccccc1F)N(CCc1cccs1)Cc1cccnc1. The molecule has 0 bridgehead atoms. The molecule has 2 aromatic heterocycles. The van der Waals surface area contributed by atoms with Crippen LogP contribution in [0.25, 0.3) is 0 Å². The van der Waals surface area contributed by atoms with Gasteiger partial charge >= 0.3 is 0 Å². The summed E-state index contributed by atoms with van der Waals surface area (Å²) >= 11 is 1.66. The Hall–Kier alpha value is -2.53. The van der Waals surface area contributed by atoms with Gasteiger partial charge in [-0.25, -0.2) is 4.39 Å². The van der Waals surface area contributed by atoms with Crippen LogP contribution in [0.15, 0.2) is 66.3 Å². The van der Waals surface area contributed by atoms with Crippen molar-refractivity contribution in [1.29, 1.82) is 0 Å². The number of carbonyl (C=O) groups is 1. The van der Waals surface area contributed by atoms with Crippen LogP contribution in [0, 0.1) is 5.82 Å². The molecule has 2 heterocycles. The molecule has 122 valence electrons. The molecule has 3 aromatic rings. The van der Waals surface area contributed by atoms with Gasteiger partial charge in [-0.1, -0.05) is 24.3 Å². The third-order valence-corrected chi connectivity index (χ3v) is 4.63. The smallest absolute Gasteiger partial charge is 0.257 e. The van der Waals surface area contributed by atoms with Crippen LogP contribution >= 0.6 is 11.3 Å². The minimum atomic E-state index is -0.491. The molecule has 0 aliphatic carbocycles. The lowest BCUT2D eigenvalue weighted by Gasteiger charge is -2.23. The molecule has 1 amide bonds. The predicted molar refractivity (Wildman–Crippen MR) is 93.4 cm³/mol. The van der Waals surface area contributed by atoms with Crippen molar-refractivity contribution in [1.82, 2.24) is 9.88 Å². The third-order valence-electron chi connectivity index (χ3n) is 3.70. The molecular formula is C19H17FN2OS. The first-order chi connectivity index (χ1) is 11.7. The van der Waals surface area contributed by atoms with Crippen molar-refractivity contribution in [2.45, 2.75) is 13.0 Å². The quantitative estimate of drug-likeness (QED) is 0.675. The fourth-order valence-electron chi connectivity index (χ4n) is 2.47. The monoisotopic (exact) mass is 340 g/mol. The van der Waals surface area contributed by atoms with E-state index >= 15 is 0 Å². The molecule has 0 unspecified atom stereocenters. The molecule has 3 nitrogen and oxygen atoms in total. The number of hydrogen-bond acceptors (Lipinski definition) is 3. The van der Waals surface area contributed by atoms with Gasteiger partial charge in [-0.3, -0.25) is 9.78 Å². The van der Waals surface area contributed by atoms with E-state index < -0.39 is 5.82 Å². The van der Waals surface area contributed by atoms with Crippen LogP contribution in [-0.4, -0.2) is 22.3 Å². The Labute approximate surface area is 144 Å². The van der Waals surface area contributed by atoms with Crippen molar-refractivity contribution < 1.29 is 9.18 Å². The number of hydrogen-bond donors (Lipinski definition) is 0. The molecule has 0 saturated carbocycles. The van der Waals surface area contributed by atoms with E-state index in [1.165, 1.54) is 17.0 Å².